The molecule has 0 unspecified atom stereocenters. The molecule has 134 valence electrons. The molecule has 1 fully saturated rings. The van der Waals surface area contributed by atoms with Crippen molar-refractivity contribution in [2.45, 2.75) is 13.3 Å². The molecule has 0 radical (unpaired) electrons. The van der Waals surface area contributed by atoms with Gasteiger partial charge in [-0.1, -0.05) is 13.0 Å². The van der Waals surface area contributed by atoms with Crippen molar-refractivity contribution in [1.29, 1.82) is 0 Å². The number of aromatic nitrogens is 3. The molecular formula is C22H20N4S. The molecule has 5 rings (SSSR count). The van der Waals surface area contributed by atoms with Crippen molar-refractivity contribution < 1.29 is 0 Å². The van der Waals surface area contributed by atoms with E-state index in [1.165, 1.54) is 16.7 Å². The lowest BCUT2D eigenvalue weighted by Gasteiger charge is -2.16. The van der Waals surface area contributed by atoms with Gasteiger partial charge in [0.15, 0.2) is 0 Å². The SMILES string of the molecule is C[C@H]1CCN(c2ccc(-c3ccc4cc(-c5cccnc5)sc4n3)cn2)C1. The van der Waals surface area contributed by atoms with Crippen LogP contribution >= 0.6 is 11.3 Å². The zero-order chi connectivity index (χ0) is 18.2. The van der Waals surface area contributed by atoms with E-state index in [4.69, 9.17) is 4.98 Å². The van der Waals surface area contributed by atoms with E-state index < -0.39 is 0 Å². The molecule has 1 atom stereocenters. The van der Waals surface area contributed by atoms with Gasteiger partial charge in [-0.05, 0) is 48.7 Å². The van der Waals surface area contributed by atoms with Crippen LogP contribution in [0.5, 0.6) is 0 Å². The van der Waals surface area contributed by atoms with E-state index in [0.717, 1.165) is 46.5 Å². The molecule has 0 amide bonds. The van der Waals surface area contributed by atoms with Gasteiger partial charge in [0.05, 0.1) is 5.69 Å². The Morgan fingerprint density at radius 1 is 1.07 bits per heavy atom. The monoisotopic (exact) mass is 372 g/mol. The fourth-order valence-corrected chi connectivity index (χ4v) is 4.62. The van der Waals surface area contributed by atoms with Crippen LogP contribution in [0.3, 0.4) is 0 Å². The molecule has 1 aliphatic heterocycles. The lowest BCUT2D eigenvalue weighted by molar-refractivity contribution is 0.659. The van der Waals surface area contributed by atoms with E-state index in [0.29, 0.717) is 0 Å². The third-order valence-corrected chi connectivity index (χ3v) is 6.21. The van der Waals surface area contributed by atoms with Crippen LogP contribution in [0.4, 0.5) is 5.82 Å². The zero-order valence-electron chi connectivity index (χ0n) is 15.2. The Balaban J connectivity index is 1.44. The Kier molecular flexibility index (Phi) is 4.09. The fraction of sp³-hybridized carbons (Fsp3) is 0.227. The second-order valence-electron chi connectivity index (χ2n) is 7.19. The van der Waals surface area contributed by atoms with Crippen LogP contribution in [0.15, 0.2) is 61.1 Å². The Labute approximate surface area is 162 Å². The van der Waals surface area contributed by atoms with Crippen LogP contribution in [-0.2, 0) is 0 Å². The summed E-state index contributed by atoms with van der Waals surface area (Å²) in [4.78, 5) is 18.4. The van der Waals surface area contributed by atoms with Crippen LogP contribution in [0.2, 0.25) is 0 Å². The second-order valence-corrected chi connectivity index (χ2v) is 8.22. The normalized spacial score (nSPS) is 16.9. The fourth-order valence-electron chi connectivity index (χ4n) is 3.60. The lowest BCUT2D eigenvalue weighted by Crippen LogP contribution is -2.19. The highest BCUT2D eigenvalue weighted by Gasteiger charge is 2.19. The summed E-state index contributed by atoms with van der Waals surface area (Å²) in [5.74, 6) is 1.82. The Hall–Kier alpha value is -2.79. The van der Waals surface area contributed by atoms with E-state index in [1.807, 2.05) is 18.5 Å². The molecule has 27 heavy (non-hydrogen) atoms. The highest BCUT2D eigenvalue weighted by Crippen LogP contribution is 2.33. The third-order valence-electron chi connectivity index (χ3n) is 5.12. The molecule has 0 spiro atoms. The number of hydrogen-bond acceptors (Lipinski definition) is 5. The third kappa shape index (κ3) is 3.19. The van der Waals surface area contributed by atoms with Gasteiger partial charge >= 0.3 is 0 Å². The van der Waals surface area contributed by atoms with Crippen molar-refractivity contribution in [3.8, 4) is 21.7 Å². The maximum absolute atomic E-state index is 4.88. The summed E-state index contributed by atoms with van der Waals surface area (Å²) in [6, 6.07) is 14.7. The van der Waals surface area contributed by atoms with Gasteiger partial charge in [0, 0.05) is 53.1 Å². The van der Waals surface area contributed by atoms with E-state index in [9.17, 15) is 0 Å². The first-order valence-corrected chi connectivity index (χ1v) is 10.1. The summed E-state index contributed by atoms with van der Waals surface area (Å²) in [5.41, 5.74) is 3.16. The predicted octanol–water partition coefficient (Wildman–Crippen LogP) is 5.27. The van der Waals surface area contributed by atoms with Crippen molar-refractivity contribution in [1.82, 2.24) is 15.0 Å². The first-order valence-electron chi connectivity index (χ1n) is 9.28. The number of thiophene rings is 1. The van der Waals surface area contributed by atoms with Gasteiger partial charge in [-0.15, -0.1) is 11.3 Å². The predicted molar refractivity (Wildman–Crippen MR) is 112 cm³/mol. The quantitative estimate of drug-likeness (QED) is 0.491. The average molecular weight is 372 g/mol. The molecule has 0 N–H and O–H groups in total. The van der Waals surface area contributed by atoms with Crippen LogP contribution in [0.25, 0.3) is 31.9 Å². The van der Waals surface area contributed by atoms with Gasteiger partial charge in [-0.3, -0.25) is 4.98 Å². The summed E-state index contributed by atoms with van der Waals surface area (Å²) in [7, 11) is 0. The molecule has 5 heterocycles. The summed E-state index contributed by atoms with van der Waals surface area (Å²) in [6.45, 7) is 4.50. The van der Waals surface area contributed by atoms with E-state index >= 15 is 0 Å². The minimum atomic E-state index is 0.753. The maximum atomic E-state index is 4.88. The number of anilines is 1. The minimum Gasteiger partial charge on any atom is -0.356 e. The van der Waals surface area contributed by atoms with Gasteiger partial charge in [-0.2, -0.15) is 0 Å². The van der Waals surface area contributed by atoms with Crippen molar-refractivity contribution in [2.75, 3.05) is 18.0 Å². The van der Waals surface area contributed by atoms with Crippen molar-refractivity contribution in [3.63, 3.8) is 0 Å². The maximum Gasteiger partial charge on any atom is 0.128 e. The topological polar surface area (TPSA) is 41.9 Å². The van der Waals surface area contributed by atoms with Crippen molar-refractivity contribution >= 4 is 27.4 Å². The molecule has 1 saturated heterocycles. The number of nitrogens with zero attached hydrogens (tertiary/aromatic N) is 4. The smallest absolute Gasteiger partial charge is 0.128 e. The highest BCUT2D eigenvalue weighted by atomic mass is 32.1. The summed E-state index contributed by atoms with van der Waals surface area (Å²) < 4.78 is 0. The first kappa shape index (κ1) is 16.4. The van der Waals surface area contributed by atoms with E-state index in [2.05, 4.69) is 58.2 Å². The average Bonchev–Trinajstić information content (AvgIpc) is 3.34. The van der Waals surface area contributed by atoms with Crippen LogP contribution < -0.4 is 4.90 Å². The van der Waals surface area contributed by atoms with Gasteiger partial charge in [0.1, 0.15) is 10.6 Å². The van der Waals surface area contributed by atoms with Crippen molar-refractivity contribution in [2.24, 2.45) is 5.92 Å². The van der Waals surface area contributed by atoms with Crippen molar-refractivity contribution in [3.05, 3.63) is 61.1 Å². The Bertz CT molecular complexity index is 1070. The van der Waals surface area contributed by atoms with E-state index in [1.54, 1.807) is 17.5 Å². The number of hydrogen-bond donors (Lipinski definition) is 0. The second kappa shape index (κ2) is 6.74. The lowest BCUT2D eigenvalue weighted by atomic mass is 10.1. The van der Waals surface area contributed by atoms with Crippen LogP contribution in [0, 0.1) is 5.92 Å². The Morgan fingerprint density at radius 3 is 2.78 bits per heavy atom. The molecule has 4 aromatic rings. The van der Waals surface area contributed by atoms with Crippen LogP contribution in [0.1, 0.15) is 13.3 Å². The summed E-state index contributed by atoms with van der Waals surface area (Å²) in [6.07, 6.45) is 6.89. The van der Waals surface area contributed by atoms with Gasteiger partial charge in [0.2, 0.25) is 0 Å². The number of rotatable bonds is 3. The summed E-state index contributed by atoms with van der Waals surface area (Å²) in [5, 5.41) is 1.17. The van der Waals surface area contributed by atoms with Gasteiger partial charge < -0.3 is 4.90 Å². The molecular weight excluding hydrogens is 352 g/mol. The molecule has 4 aromatic heterocycles. The number of pyridine rings is 3. The molecule has 0 aliphatic carbocycles. The molecule has 1 aliphatic rings. The van der Waals surface area contributed by atoms with Gasteiger partial charge in [-0.25, -0.2) is 9.97 Å². The van der Waals surface area contributed by atoms with Crippen LogP contribution in [-0.4, -0.2) is 28.0 Å². The molecule has 0 aromatic carbocycles. The van der Waals surface area contributed by atoms with E-state index in [-0.39, 0.29) is 0 Å². The standard InChI is InChI=1S/C22H20N4S/c1-15-8-10-26(14-15)21-7-5-17(13-24-21)19-6-4-16-11-20(27-22(16)25-19)18-3-2-9-23-12-18/h2-7,9,11-13,15H,8,10,14H2,1H3/t15-/m0/s1. The highest BCUT2D eigenvalue weighted by molar-refractivity contribution is 7.21. The largest absolute Gasteiger partial charge is 0.356 e. The minimum absolute atomic E-state index is 0.753. The molecule has 5 heteroatoms. The van der Waals surface area contributed by atoms with Gasteiger partial charge in [0.25, 0.3) is 0 Å². The first-order chi connectivity index (χ1) is 13.3. The zero-order valence-corrected chi connectivity index (χ0v) is 16.0. The molecule has 4 nitrogen and oxygen atoms in total. The Morgan fingerprint density at radius 2 is 2.04 bits per heavy atom. The molecule has 0 saturated carbocycles. The summed E-state index contributed by atoms with van der Waals surface area (Å²) >= 11 is 1.70. The molecule has 0 bridgehead atoms. The number of fused-ring (bicyclic) bond motifs is 1.